The molecule has 31 heavy (non-hydrogen) atoms. The highest BCUT2D eigenvalue weighted by Gasteiger charge is 2.16. The van der Waals surface area contributed by atoms with Gasteiger partial charge in [0.25, 0.3) is 5.56 Å². The molecule has 0 radical (unpaired) electrons. The van der Waals surface area contributed by atoms with Gasteiger partial charge >= 0.3 is 5.97 Å². The molecule has 1 aromatic heterocycles. The maximum absolute atomic E-state index is 13.0. The predicted molar refractivity (Wildman–Crippen MR) is 124 cm³/mol. The third-order valence-electron chi connectivity index (χ3n) is 4.46. The normalized spacial score (nSPS) is 12.3. The standard InChI is InChI=1S/C22H21BrClN3O4/c1-4-5-20-26-18-8-7-15(23)11-16(18)21(28)27(20)25-12-14-6-9-19(17(24)10-14)31-13(2)22(29)30-3/h6-13H,4-5H2,1-3H3/t13-/m0/s1. The van der Waals surface area contributed by atoms with Gasteiger partial charge in [-0.1, -0.05) is 34.5 Å². The maximum atomic E-state index is 13.0. The molecule has 0 amide bonds. The first-order valence-electron chi connectivity index (χ1n) is 9.63. The van der Waals surface area contributed by atoms with Gasteiger partial charge in [-0.25, -0.2) is 9.78 Å². The summed E-state index contributed by atoms with van der Waals surface area (Å²) in [5.41, 5.74) is 1.04. The van der Waals surface area contributed by atoms with Crippen LogP contribution in [0, 0.1) is 0 Å². The number of esters is 1. The van der Waals surface area contributed by atoms with Crippen molar-refractivity contribution < 1.29 is 14.3 Å². The van der Waals surface area contributed by atoms with Crippen molar-refractivity contribution in [2.24, 2.45) is 5.10 Å². The fraction of sp³-hybridized carbons (Fsp3) is 0.273. The van der Waals surface area contributed by atoms with Gasteiger partial charge < -0.3 is 9.47 Å². The number of hydrogen-bond donors (Lipinski definition) is 0. The van der Waals surface area contributed by atoms with E-state index in [9.17, 15) is 9.59 Å². The van der Waals surface area contributed by atoms with Gasteiger partial charge in [0.2, 0.25) is 0 Å². The molecule has 0 aliphatic carbocycles. The number of halogens is 2. The fourth-order valence-corrected chi connectivity index (χ4v) is 3.52. The summed E-state index contributed by atoms with van der Waals surface area (Å²) in [7, 11) is 1.29. The Morgan fingerprint density at radius 3 is 2.77 bits per heavy atom. The van der Waals surface area contributed by atoms with Crippen LogP contribution in [0.1, 0.15) is 31.7 Å². The molecule has 2 aromatic carbocycles. The number of aromatic nitrogens is 2. The summed E-state index contributed by atoms with van der Waals surface area (Å²) in [5.74, 6) is 0.425. The van der Waals surface area contributed by atoms with E-state index < -0.39 is 12.1 Å². The summed E-state index contributed by atoms with van der Waals surface area (Å²) in [6, 6.07) is 10.4. The Kier molecular flexibility index (Phi) is 7.46. The van der Waals surface area contributed by atoms with Crippen LogP contribution in [0.4, 0.5) is 0 Å². The van der Waals surface area contributed by atoms with Crippen LogP contribution in [-0.2, 0) is 16.0 Å². The summed E-state index contributed by atoms with van der Waals surface area (Å²) in [6.45, 7) is 3.59. The van der Waals surface area contributed by atoms with Gasteiger partial charge in [0.1, 0.15) is 11.6 Å². The van der Waals surface area contributed by atoms with Crippen molar-refractivity contribution >= 4 is 50.6 Å². The van der Waals surface area contributed by atoms with Gasteiger partial charge in [0.15, 0.2) is 6.10 Å². The van der Waals surface area contributed by atoms with Gasteiger partial charge in [0, 0.05) is 10.9 Å². The van der Waals surface area contributed by atoms with Crippen LogP contribution in [0.5, 0.6) is 5.75 Å². The van der Waals surface area contributed by atoms with Crippen LogP contribution in [-0.4, -0.2) is 35.1 Å². The number of aryl methyl sites for hydroxylation is 1. The Morgan fingerprint density at radius 1 is 1.32 bits per heavy atom. The van der Waals surface area contributed by atoms with Gasteiger partial charge in [-0.2, -0.15) is 9.78 Å². The fourth-order valence-electron chi connectivity index (χ4n) is 2.92. The quantitative estimate of drug-likeness (QED) is 0.346. The van der Waals surface area contributed by atoms with Crippen molar-refractivity contribution in [3.8, 4) is 5.75 Å². The smallest absolute Gasteiger partial charge is 0.346 e. The Bertz CT molecular complexity index is 1210. The molecule has 0 aliphatic heterocycles. The molecule has 0 spiro atoms. The van der Waals surface area contributed by atoms with E-state index in [1.54, 1.807) is 31.2 Å². The summed E-state index contributed by atoms with van der Waals surface area (Å²) in [5, 5.41) is 5.16. The molecule has 0 saturated carbocycles. The maximum Gasteiger partial charge on any atom is 0.346 e. The highest BCUT2D eigenvalue weighted by Crippen LogP contribution is 2.26. The zero-order chi connectivity index (χ0) is 22.5. The van der Waals surface area contributed by atoms with E-state index in [1.165, 1.54) is 18.0 Å². The van der Waals surface area contributed by atoms with E-state index in [2.05, 4.69) is 30.8 Å². The largest absolute Gasteiger partial charge is 0.477 e. The number of benzene rings is 2. The Hall–Kier alpha value is -2.71. The topological polar surface area (TPSA) is 82.8 Å². The van der Waals surface area contributed by atoms with Crippen molar-refractivity contribution in [1.82, 2.24) is 9.66 Å². The molecule has 3 rings (SSSR count). The number of carbonyl (C=O) groups excluding carboxylic acids is 1. The molecule has 9 heteroatoms. The Morgan fingerprint density at radius 2 is 2.10 bits per heavy atom. The van der Waals surface area contributed by atoms with E-state index >= 15 is 0 Å². The SMILES string of the molecule is CCCc1nc2ccc(Br)cc2c(=O)n1N=Cc1ccc(O[C@@H](C)C(=O)OC)c(Cl)c1. The van der Waals surface area contributed by atoms with Crippen molar-refractivity contribution in [2.75, 3.05) is 7.11 Å². The van der Waals surface area contributed by atoms with Gasteiger partial charge in [-0.3, -0.25) is 4.79 Å². The molecule has 0 unspecified atom stereocenters. The Balaban J connectivity index is 1.94. The second-order valence-corrected chi connectivity index (χ2v) is 8.10. The molecule has 0 fully saturated rings. The lowest BCUT2D eigenvalue weighted by Gasteiger charge is -2.13. The van der Waals surface area contributed by atoms with Crippen molar-refractivity contribution in [2.45, 2.75) is 32.8 Å². The van der Waals surface area contributed by atoms with Gasteiger partial charge in [-0.15, -0.1) is 0 Å². The lowest BCUT2D eigenvalue weighted by Crippen LogP contribution is -2.25. The second-order valence-electron chi connectivity index (χ2n) is 6.77. The molecule has 0 saturated heterocycles. The molecule has 1 atom stereocenters. The molecule has 3 aromatic rings. The molecule has 0 bridgehead atoms. The van der Waals surface area contributed by atoms with Crippen molar-refractivity contribution in [3.05, 3.63) is 67.6 Å². The third-order valence-corrected chi connectivity index (χ3v) is 5.25. The first-order valence-corrected chi connectivity index (χ1v) is 10.8. The van der Waals surface area contributed by atoms with Crippen LogP contribution < -0.4 is 10.3 Å². The minimum absolute atomic E-state index is 0.246. The van der Waals surface area contributed by atoms with Crippen LogP contribution in [0.2, 0.25) is 5.02 Å². The van der Waals surface area contributed by atoms with E-state index in [0.29, 0.717) is 39.5 Å². The third kappa shape index (κ3) is 5.32. The average molecular weight is 507 g/mol. The van der Waals surface area contributed by atoms with E-state index in [-0.39, 0.29) is 5.56 Å². The second kappa shape index (κ2) is 10.1. The first-order chi connectivity index (χ1) is 14.8. The molecular formula is C22H21BrClN3O4. The van der Waals surface area contributed by atoms with E-state index in [1.807, 2.05) is 19.1 Å². The average Bonchev–Trinajstić information content (AvgIpc) is 2.75. The number of nitrogens with zero attached hydrogens (tertiary/aromatic N) is 3. The monoisotopic (exact) mass is 505 g/mol. The van der Waals surface area contributed by atoms with Crippen LogP contribution in [0.3, 0.4) is 0 Å². The zero-order valence-electron chi connectivity index (χ0n) is 17.3. The summed E-state index contributed by atoms with van der Waals surface area (Å²) >= 11 is 9.68. The number of carbonyl (C=O) groups is 1. The van der Waals surface area contributed by atoms with E-state index in [4.69, 9.17) is 16.3 Å². The van der Waals surface area contributed by atoms with Crippen LogP contribution >= 0.6 is 27.5 Å². The minimum Gasteiger partial charge on any atom is -0.477 e. The van der Waals surface area contributed by atoms with E-state index in [0.717, 1.165) is 10.9 Å². The van der Waals surface area contributed by atoms with Crippen molar-refractivity contribution in [3.63, 3.8) is 0 Å². The number of hydrogen-bond acceptors (Lipinski definition) is 6. The summed E-state index contributed by atoms with van der Waals surface area (Å²) in [4.78, 5) is 29.2. The van der Waals surface area contributed by atoms with Crippen LogP contribution in [0.15, 0.2) is 50.8 Å². The molecule has 7 nitrogen and oxygen atoms in total. The lowest BCUT2D eigenvalue weighted by atomic mass is 10.2. The minimum atomic E-state index is -0.791. The highest BCUT2D eigenvalue weighted by atomic mass is 79.9. The van der Waals surface area contributed by atoms with Crippen LogP contribution in [0.25, 0.3) is 10.9 Å². The Labute approximate surface area is 192 Å². The first kappa shape index (κ1) is 23.0. The summed E-state index contributed by atoms with van der Waals surface area (Å²) in [6.07, 6.45) is 2.17. The summed E-state index contributed by atoms with van der Waals surface area (Å²) < 4.78 is 12.3. The number of methoxy groups -OCH3 is 1. The van der Waals surface area contributed by atoms with Gasteiger partial charge in [0.05, 0.1) is 29.2 Å². The highest BCUT2D eigenvalue weighted by molar-refractivity contribution is 9.10. The number of ether oxygens (including phenoxy) is 2. The van der Waals surface area contributed by atoms with Crippen molar-refractivity contribution in [1.29, 1.82) is 0 Å². The molecular weight excluding hydrogens is 486 g/mol. The molecule has 1 heterocycles. The molecule has 0 aliphatic rings. The number of fused-ring (bicyclic) bond motifs is 1. The zero-order valence-corrected chi connectivity index (χ0v) is 19.6. The van der Waals surface area contributed by atoms with Gasteiger partial charge in [-0.05, 0) is 55.3 Å². The molecule has 162 valence electrons. The lowest BCUT2D eigenvalue weighted by molar-refractivity contribution is -0.147. The number of rotatable bonds is 7. The molecule has 0 N–H and O–H groups in total. The predicted octanol–water partition coefficient (Wildman–Crippen LogP) is 4.59.